The van der Waals surface area contributed by atoms with Crippen LogP contribution in [0.5, 0.6) is 0 Å². The molecule has 4 nitrogen and oxygen atoms in total. The minimum absolute atomic E-state index is 0.130. The number of aromatic nitrogens is 1. The van der Waals surface area contributed by atoms with Crippen LogP contribution in [-0.4, -0.2) is 10.5 Å². The van der Waals surface area contributed by atoms with Gasteiger partial charge in [0.2, 0.25) is 5.43 Å². The molecule has 0 aliphatic heterocycles. The number of aryl methyl sites for hydroxylation is 4. The lowest BCUT2D eigenvalue weighted by molar-refractivity contribution is 0.0938. The molecule has 146 valence electrons. The molecule has 2 aromatic carbocycles. The van der Waals surface area contributed by atoms with E-state index in [1.807, 2.05) is 31.4 Å². The van der Waals surface area contributed by atoms with Gasteiger partial charge in [0.25, 0.3) is 5.91 Å². The summed E-state index contributed by atoms with van der Waals surface area (Å²) in [6.45, 7) is 10.7. The van der Waals surface area contributed by atoms with E-state index in [1.54, 1.807) is 18.3 Å². The van der Waals surface area contributed by atoms with Gasteiger partial charge < -0.3 is 9.88 Å². The number of amides is 1. The van der Waals surface area contributed by atoms with Crippen LogP contribution in [0.1, 0.15) is 52.5 Å². The summed E-state index contributed by atoms with van der Waals surface area (Å²) < 4.78 is 1.90. The lowest BCUT2D eigenvalue weighted by Gasteiger charge is -2.19. The molecule has 0 unspecified atom stereocenters. The first kappa shape index (κ1) is 20.2. The van der Waals surface area contributed by atoms with Crippen molar-refractivity contribution in [1.29, 1.82) is 0 Å². The predicted molar refractivity (Wildman–Crippen MR) is 115 cm³/mol. The number of carbonyl (C=O) groups excluding carboxylic acids is 1. The van der Waals surface area contributed by atoms with E-state index in [2.05, 4.69) is 31.3 Å². The third-order valence-corrected chi connectivity index (χ3v) is 5.56. The second kappa shape index (κ2) is 7.80. The fourth-order valence-corrected chi connectivity index (χ4v) is 3.77. The highest BCUT2D eigenvalue weighted by Crippen LogP contribution is 2.22. The topological polar surface area (TPSA) is 51.1 Å². The van der Waals surface area contributed by atoms with Gasteiger partial charge in [-0.1, -0.05) is 23.7 Å². The molecule has 3 rings (SSSR count). The van der Waals surface area contributed by atoms with Crippen LogP contribution in [-0.2, 0) is 6.54 Å². The van der Waals surface area contributed by atoms with Crippen LogP contribution in [0.15, 0.2) is 41.3 Å². The molecule has 0 bridgehead atoms. The normalized spacial score (nSPS) is 12.2. The van der Waals surface area contributed by atoms with Crippen LogP contribution in [0.2, 0.25) is 5.02 Å². The molecule has 1 atom stereocenters. The second-order valence-corrected chi connectivity index (χ2v) is 7.74. The summed E-state index contributed by atoms with van der Waals surface area (Å²) in [7, 11) is 0. The summed E-state index contributed by atoms with van der Waals surface area (Å²) in [5, 5.41) is 3.92. The van der Waals surface area contributed by atoms with Crippen molar-refractivity contribution in [2.75, 3.05) is 0 Å². The number of hydrogen-bond acceptors (Lipinski definition) is 2. The van der Waals surface area contributed by atoms with E-state index in [1.165, 1.54) is 11.1 Å². The van der Waals surface area contributed by atoms with Gasteiger partial charge >= 0.3 is 0 Å². The van der Waals surface area contributed by atoms with Crippen molar-refractivity contribution in [3.63, 3.8) is 0 Å². The molecule has 0 fully saturated rings. The minimum Gasteiger partial charge on any atom is -0.347 e. The number of benzene rings is 2. The Morgan fingerprint density at radius 2 is 1.79 bits per heavy atom. The van der Waals surface area contributed by atoms with E-state index < -0.39 is 0 Å². The smallest absolute Gasteiger partial charge is 0.257 e. The third-order valence-electron chi connectivity index (χ3n) is 5.32. The summed E-state index contributed by atoms with van der Waals surface area (Å²) in [6.07, 6.45) is 1.63. The lowest BCUT2D eigenvalue weighted by Crippen LogP contribution is -2.32. The van der Waals surface area contributed by atoms with E-state index >= 15 is 0 Å². The largest absolute Gasteiger partial charge is 0.347 e. The van der Waals surface area contributed by atoms with E-state index in [-0.39, 0.29) is 22.9 Å². The van der Waals surface area contributed by atoms with Gasteiger partial charge in [-0.05, 0) is 75.1 Å². The summed E-state index contributed by atoms with van der Waals surface area (Å²) in [5.41, 5.74) is 5.16. The molecular formula is C23H25ClN2O2. The fourth-order valence-electron chi connectivity index (χ4n) is 3.59. The maximum absolute atomic E-state index is 13.0. The molecule has 3 aromatic rings. The van der Waals surface area contributed by atoms with Crippen molar-refractivity contribution < 1.29 is 4.79 Å². The molecule has 1 heterocycles. The Morgan fingerprint density at radius 3 is 2.46 bits per heavy atom. The highest BCUT2D eigenvalue weighted by Gasteiger charge is 2.19. The fraction of sp³-hybridized carbons (Fsp3) is 0.304. The van der Waals surface area contributed by atoms with Crippen molar-refractivity contribution in [2.24, 2.45) is 0 Å². The molecular weight excluding hydrogens is 372 g/mol. The number of halogens is 1. The predicted octanol–water partition coefficient (Wildman–Crippen LogP) is 5.09. The number of carbonyl (C=O) groups is 1. The molecule has 28 heavy (non-hydrogen) atoms. The Hall–Kier alpha value is -2.59. The van der Waals surface area contributed by atoms with Gasteiger partial charge in [0.15, 0.2) is 0 Å². The first-order valence-electron chi connectivity index (χ1n) is 9.44. The molecule has 1 amide bonds. The summed E-state index contributed by atoms with van der Waals surface area (Å²) in [6, 6.07) is 9.19. The van der Waals surface area contributed by atoms with Gasteiger partial charge in [-0.2, -0.15) is 0 Å². The van der Waals surface area contributed by atoms with Crippen LogP contribution in [0.3, 0.4) is 0 Å². The van der Waals surface area contributed by atoms with E-state index in [4.69, 9.17) is 11.6 Å². The van der Waals surface area contributed by atoms with E-state index in [9.17, 15) is 9.59 Å². The zero-order valence-electron chi connectivity index (χ0n) is 16.9. The van der Waals surface area contributed by atoms with Crippen molar-refractivity contribution in [3.05, 3.63) is 79.6 Å². The lowest BCUT2D eigenvalue weighted by atomic mass is 9.96. The Morgan fingerprint density at radius 1 is 1.11 bits per heavy atom. The Labute approximate surface area is 170 Å². The second-order valence-electron chi connectivity index (χ2n) is 7.31. The maximum Gasteiger partial charge on any atom is 0.257 e. The summed E-state index contributed by atoms with van der Waals surface area (Å²) >= 11 is 6.08. The number of nitrogens with one attached hydrogen (secondary N) is 1. The Bertz CT molecular complexity index is 1130. The number of rotatable bonds is 4. The van der Waals surface area contributed by atoms with Gasteiger partial charge in [-0.3, -0.25) is 9.59 Å². The molecule has 0 saturated carbocycles. The standard InChI is InChI=1S/C23H25ClN2O2/c1-6-26-12-20(22(27)19-11-17(24)7-8-21(19)26)23(28)25-16(5)18-10-14(3)13(2)9-15(18)4/h7-12,16H,6H2,1-5H3,(H,25,28)/t16-/m1/s1. The zero-order valence-corrected chi connectivity index (χ0v) is 17.6. The number of hydrogen-bond donors (Lipinski definition) is 1. The SMILES string of the molecule is CCn1cc(C(=O)N[C@H](C)c2cc(C)c(C)cc2C)c(=O)c2cc(Cl)ccc21. The Kier molecular flexibility index (Phi) is 5.61. The third kappa shape index (κ3) is 3.69. The monoisotopic (exact) mass is 396 g/mol. The van der Waals surface area contributed by atoms with Crippen molar-refractivity contribution in [3.8, 4) is 0 Å². The first-order valence-corrected chi connectivity index (χ1v) is 9.82. The van der Waals surface area contributed by atoms with Crippen LogP contribution in [0.25, 0.3) is 10.9 Å². The summed E-state index contributed by atoms with van der Waals surface area (Å²) in [4.78, 5) is 25.9. The van der Waals surface area contributed by atoms with Crippen LogP contribution >= 0.6 is 11.6 Å². The van der Waals surface area contributed by atoms with E-state index in [0.29, 0.717) is 17.0 Å². The summed E-state index contributed by atoms with van der Waals surface area (Å²) in [5.74, 6) is -0.376. The van der Waals surface area contributed by atoms with Crippen molar-refractivity contribution in [2.45, 2.75) is 47.2 Å². The van der Waals surface area contributed by atoms with Crippen molar-refractivity contribution >= 4 is 28.4 Å². The molecule has 0 radical (unpaired) electrons. The van der Waals surface area contributed by atoms with E-state index in [0.717, 1.165) is 16.6 Å². The van der Waals surface area contributed by atoms with Gasteiger partial charge in [-0.15, -0.1) is 0 Å². The van der Waals surface area contributed by atoms with Gasteiger partial charge in [-0.25, -0.2) is 0 Å². The molecule has 1 N–H and O–H groups in total. The average Bonchev–Trinajstić information content (AvgIpc) is 2.65. The number of nitrogens with zero attached hydrogens (tertiary/aromatic N) is 1. The van der Waals surface area contributed by atoms with Crippen LogP contribution in [0.4, 0.5) is 0 Å². The highest BCUT2D eigenvalue weighted by molar-refractivity contribution is 6.31. The quantitative estimate of drug-likeness (QED) is 0.667. The maximum atomic E-state index is 13.0. The number of pyridine rings is 1. The van der Waals surface area contributed by atoms with Crippen LogP contribution < -0.4 is 10.7 Å². The number of fused-ring (bicyclic) bond motifs is 1. The van der Waals surface area contributed by atoms with Gasteiger partial charge in [0, 0.05) is 23.2 Å². The van der Waals surface area contributed by atoms with Gasteiger partial charge in [0.1, 0.15) is 5.56 Å². The van der Waals surface area contributed by atoms with Crippen LogP contribution in [0, 0.1) is 20.8 Å². The first-order chi connectivity index (χ1) is 13.2. The molecule has 0 saturated heterocycles. The van der Waals surface area contributed by atoms with Gasteiger partial charge in [0.05, 0.1) is 11.6 Å². The van der Waals surface area contributed by atoms with Crippen molar-refractivity contribution in [1.82, 2.24) is 9.88 Å². The molecule has 0 aliphatic rings. The minimum atomic E-state index is -0.376. The Balaban J connectivity index is 2.01. The molecule has 0 spiro atoms. The zero-order chi connectivity index (χ0) is 20.6. The molecule has 0 aliphatic carbocycles. The average molecular weight is 397 g/mol. The highest BCUT2D eigenvalue weighted by atomic mass is 35.5. The molecule has 5 heteroatoms. The molecule has 1 aromatic heterocycles.